The van der Waals surface area contributed by atoms with Gasteiger partial charge in [0, 0.05) is 55.6 Å². The van der Waals surface area contributed by atoms with Crippen molar-refractivity contribution in [3.63, 3.8) is 0 Å². The molecular weight excluding hydrogens is 717 g/mol. The predicted molar refractivity (Wildman–Crippen MR) is 225 cm³/mol. The smallest absolute Gasteiger partial charge is 0.195 e. The van der Waals surface area contributed by atoms with Gasteiger partial charge in [-0.05, 0) is 17.2 Å². The number of rotatable bonds is 7. The van der Waals surface area contributed by atoms with Gasteiger partial charge in [-0.3, -0.25) is 9.59 Å². The Morgan fingerprint density at radius 3 is 1.00 bits per heavy atom. The molecule has 0 atom stereocenters. The predicted octanol–water partition coefficient (Wildman–Crippen LogP) is 10.5. The fraction of sp³-hybridized carbons (Fsp3) is 0. The molecule has 0 amide bonds. The van der Waals surface area contributed by atoms with E-state index in [1.54, 1.807) is 24.3 Å². The molecule has 272 valence electrons. The summed E-state index contributed by atoms with van der Waals surface area (Å²) in [5.74, 6) is 2.24. The zero-order valence-electron chi connectivity index (χ0n) is 30.8. The molecule has 0 aliphatic heterocycles. The van der Waals surface area contributed by atoms with Crippen LogP contribution in [0.5, 0.6) is 0 Å². The molecule has 58 heavy (non-hydrogen) atoms. The van der Waals surface area contributed by atoms with Crippen LogP contribution in [0.25, 0.3) is 79.5 Å². The molecule has 0 unspecified atom stereocenters. The van der Waals surface area contributed by atoms with Crippen LogP contribution in [0, 0.1) is 0 Å². The number of benzene rings is 7. The van der Waals surface area contributed by atoms with Crippen molar-refractivity contribution in [2.75, 3.05) is 0 Å². The second-order valence-corrected chi connectivity index (χ2v) is 13.8. The molecule has 8 nitrogen and oxygen atoms in total. The Bertz CT molecular complexity index is 2910. The Kier molecular flexibility index (Phi) is 8.61. The van der Waals surface area contributed by atoms with Crippen LogP contribution in [0.1, 0.15) is 31.8 Å². The highest BCUT2D eigenvalue weighted by Crippen LogP contribution is 2.39. The number of ketones is 2. The van der Waals surface area contributed by atoms with Gasteiger partial charge in [0.15, 0.2) is 46.5 Å². The van der Waals surface area contributed by atoms with Gasteiger partial charge >= 0.3 is 0 Å². The molecule has 0 saturated carbocycles. The lowest BCUT2D eigenvalue weighted by Gasteiger charge is -2.22. The summed E-state index contributed by atoms with van der Waals surface area (Å²) in [5, 5.41) is 0. The van der Waals surface area contributed by atoms with E-state index in [0.717, 1.165) is 33.4 Å². The van der Waals surface area contributed by atoms with Crippen LogP contribution in [0.4, 0.5) is 0 Å². The third-order valence-corrected chi connectivity index (χ3v) is 10.1. The fourth-order valence-corrected chi connectivity index (χ4v) is 7.36. The molecule has 2 aromatic heterocycles. The van der Waals surface area contributed by atoms with E-state index in [1.165, 1.54) is 0 Å². The van der Waals surface area contributed by atoms with Gasteiger partial charge in [-0.1, -0.05) is 176 Å². The van der Waals surface area contributed by atoms with Crippen LogP contribution in [0.2, 0.25) is 0 Å². The van der Waals surface area contributed by atoms with Gasteiger partial charge in [0.25, 0.3) is 0 Å². The average molecular weight is 747 g/mol. The fourth-order valence-electron chi connectivity index (χ4n) is 7.36. The van der Waals surface area contributed by atoms with Gasteiger partial charge in [-0.2, -0.15) is 0 Å². The lowest BCUT2D eigenvalue weighted by Crippen LogP contribution is -2.23. The van der Waals surface area contributed by atoms with Gasteiger partial charge in [-0.25, -0.2) is 29.9 Å². The van der Waals surface area contributed by atoms with Crippen molar-refractivity contribution in [2.45, 2.75) is 0 Å². The summed E-state index contributed by atoms with van der Waals surface area (Å²) in [6.45, 7) is 0. The summed E-state index contributed by atoms with van der Waals surface area (Å²) in [7, 11) is 0. The minimum absolute atomic E-state index is 0.248. The van der Waals surface area contributed by atoms with E-state index in [9.17, 15) is 4.79 Å². The normalized spacial score (nSPS) is 11.9. The number of carbonyl (C=O) groups is 2. The molecule has 2 heterocycles. The number of aromatic nitrogens is 6. The molecule has 0 spiro atoms. The van der Waals surface area contributed by atoms with Crippen molar-refractivity contribution in [1.29, 1.82) is 0 Å². The standard InChI is InChI=1S/C50H30N6O2/c57-43-38-27-14-26-37(35-24-13-25-36(30-35)49-53-45(31-16-5-1-6-17-31)51-46(54-49)32-18-7-2-8-19-32)41(38)44(58)42-39(43)28-15-29-40(42)50-55-47(33-20-9-3-10-21-33)52-48(56-50)34-22-11-4-12-23-34/h1-30H. The maximum Gasteiger partial charge on any atom is 0.195 e. The lowest BCUT2D eigenvalue weighted by molar-refractivity contribution is 0.0980. The minimum Gasteiger partial charge on any atom is -0.289 e. The van der Waals surface area contributed by atoms with Gasteiger partial charge in [0.1, 0.15) is 0 Å². The summed E-state index contributed by atoms with van der Waals surface area (Å²) >= 11 is 0. The van der Waals surface area contributed by atoms with Crippen LogP contribution >= 0.6 is 0 Å². The third-order valence-electron chi connectivity index (χ3n) is 10.1. The van der Waals surface area contributed by atoms with Crippen molar-refractivity contribution in [1.82, 2.24) is 29.9 Å². The summed E-state index contributed by atoms with van der Waals surface area (Å²) in [5.41, 5.74) is 7.06. The summed E-state index contributed by atoms with van der Waals surface area (Å²) < 4.78 is 0. The highest BCUT2D eigenvalue weighted by molar-refractivity contribution is 6.32. The monoisotopic (exact) mass is 746 g/mol. The molecule has 0 bridgehead atoms. The number of carbonyl (C=O) groups excluding carboxylic acids is 2. The molecule has 8 heteroatoms. The highest BCUT2D eigenvalue weighted by Gasteiger charge is 2.35. The summed E-state index contributed by atoms with van der Waals surface area (Å²) in [6, 6.07) is 57.3. The van der Waals surface area contributed by atoms with E-state index >= 15 is 4.79 Å². The first kappa shape index (κ1) is 34.4. The topological polar surface area (TPSA) is 111 Å². The van der Waals surface area contributed by atoms with Crippen LogP contribution in [-0.2, 0) is 0 Å². The molecule has 0 fully saturated rings. The maximum absolute atomic E-state index is 15.1. The number of hydrogen-bond donors (Lipinski definition) is 0. The van der Waals surface area contributed by atoms with E-state index in [2.05, 4.69) is 0 Å². The van der Waals surface area contributed by atoms with E-state index in [-0.39, 0.29) is 17.1 Å². The molecule has 0 saturated heterocycles. The lowest BCUT2D eigenvalue weighted by atomic mass is 9.78. The number of fused-ring (bicyclic) bond motifs is 2. The van der Waals surface area contributed by atoms with Gasteiger partial charge in [-0.15, -0.1) is 0 Å². The molecule has 1 aliphatic carbocycles. The highest BCUT2D eigenvalue weighted by atomic mass is 16.1. The molecule has 10 rings (SSSR count). The Morgan fingerprint density at radius 2 is 0.552 bits per heavy atom. The maximum atomic E-state index is 15.1. The minimum atomic E-state index is -0.290. The van der Waals surface area contributed by atoms with Gasteiger partial charge in [0.2, 0.25) is 0 Å². The number of hydrogen-bond acceptors (Lipinski definition) is 8. The van der Waals surface area contributed by atoms with E-state index in [0.29, 0.717) is 62.8 Å². The first-order valence-electron chi connectivity index (χ1n) is 18.8. The van der Waals surface area contributed by atoms with Crippen molar-refractivity contribution >= 4 is 11.6 Å². The Hall–Kier alpha value is -8.10. The molecule has 9 aromatic rings. The average Bonchev–Trinajstić information content (AvgIpc) is 3.31. The van der Waals surface area contributed by atoms with Crippen LogP contribution in [0.3, 0.4) is 0 Å². The molecule has 0 radical (unpaired) electrons. The Morgan fingerprint density at radius 1 is 0.241 bits per heavy atom. The first-order chi connectivity index (χ1) is 28.6. The molecular formula is C50H30N6O2. The van der Waals surface area contributed by atoms with Gasteiger partial charge < -0.3 is 0 Å². The first-order valence-corrected chi connectivity index (χ1v) is 18.8. The molecule has 1 aliphatic rings. The van der Waals surface area contributed by atoms with E-state index in [4.69, 9.17) is 29.9 Å². The zero-order chi connectivity index (χ0) is 39.0. The van der Waals surface area contributed by atoms with Crippen LogP contribution < -0.4 is 0 Å². The summed E-state index contributed by atoms with van der Waals surface area (Å²) in [6.07, 6.45) is 0. The Balaban J connectivity index is 1.11. The van der Waals surface area contributed by atoms with Gasteiger partial charge in [0.05, 0.1) is 0 Å². The van der Waals surface area contributed by atoms with Crippen LogP contribution in [-0.4, -0.2) is 41.5 Å². The quantitative estimate of drug-likeness (QED) is 0.158. The molecule has 7 aromatic carbocycles. The second-order valence-electron chi connectivity index (χ2n) is 13.8. The van der Waals surface area contributed by atoms with E-state index in [1.807, 2.05) is 158 Å². The zero-order valence-corrected chi connectivity index (χ0v) is 30.8. The van der Waals surface area contributed by atoms with Crippen molar-refractivity contribution in [2.24, 2.45) is 0 Å². The largest absolute Gasteiger partial charge is 0.289 e. The third kappa shape index (κ3) is 6.24. The summed E-state index contributed by atoms with van der Waals surface area (Å²) in [4.78, 5) is 58.8. The molecule has 0 N–H and O–H groups in total. The number of nitrogens with zero attached hydrogens (tertiary/aromatic N) is 6. The Labute approximate surface area is 333 Å². The second kappa shape index (κ2) is 14.5. The van der Waals surface area contributed by atoms with Crippen molar-refractivity contribution in [3.8, 4) is 79.5 Å². The van der Waals surface area contributed by atoms with E-state index < -0.39 is 0 Å². The SMILES string of the molecule is O=C1c2cccc(-c3cccc(-c4nc(-c5ccccc5)nc(-c5ccccc5)n4)c3)c2C(=O)c2c1cccc2-c1nc(-c2ccccc2)nc(-c2ccccc2)n1. The van der Waals surface area contributed by atoms with Crippen LogP contribution in [0.15, 0.2) is 182 Å². The van der Waals surface area contributed by atoms with Crippen molar-refractivity contribution in [3.05, 3.63) is 204 Å². The van der Waals surface area contributed by atoms with Crippen molar-refractivity contribution < 1.29 is 9.59 Å².